The lowest BCUT2D eigenvalue weighted by atomic mass is 9.92. The molecule has 0 fully saturated rings. The Hall–Kier alpha value is -8.06. The maximum absolute atomic E-state index is 9.11. The molecule has 64 heavy (non-hydrogen) atoms. The van der Waals surface area contributed by atoms with Crippen LogP contribution in [0.5, 0.6) is 11.5 Å². The fourth-order valence-electron chi connectivity index (χ4n) is 8.05. The molecule has 0 spiro atoms. The van der Waals surface area contributed by atoms with Crippen molar-refractivity contribution in [2.24, 2.45) is 0 Å². The van der Waals surface area contributed by atoms with Crippen LogP contribution in [0.25, 0.3) is 57.0 Å². The number of nitriles is 2. The third-order valence-electron chi connectivity index (χ3n) is 11.6. The molecule has 0 saturated heterocycles. The van der Waals surface area contributed by atoms with E-state index >= 15 is 0 Å². The van der Waals surface area contributed by atoms with E-state index in [0.717, 1.165) is 90.9 Å². The Bertz CT molecular complexity index is 2770. The van der Waals surface area contributed by atoms with Crippen LogP contribution in [0, 0.1) is 22.7 Å². The molecule has 0 amide bonds. The second-order valence-corrected chi connectivity index (χ2v) is 15.5. The predicted molar refractivity (Wildman–Crippen MR) is 267 cm³/mol. The lowest BCUT2D eigenvalue weighted by Crippen LogP contribution is -2.28. The molecular weight excluding hydrogens is 785 g/mol. The monoisotopic (exact) mass is 834 g/mol. The Morgan fingerprint density at radius 1 is 0.422 bits per heavy atom. The number of fused-ring (bicyclic) bond motifs is 2. The van der Waals surface area contributed by atoms with E-state index in [-0.39, 0.29) is 0 Å². The highest BCUT2D eigenvalue weighted by molar-refractivity contribution is 6.09. The summed E-state index contributed by atoms with van der Waals surface area (Å²) in [5.74, 6) is 1.64. The van der Waals surface area contributed by atoms with Crippen LogP contribution in [-0.2, 0) is 0 Å². The van der Waals surface area contributed by atoms with E-state index in [1.54, 1.807) is 0 Å². The van der Waals surface area contributed by atoms with Gasteiger partial charge in [0.25, 0.3) is 0 Å². The Morgan fingerprint density at radius 2 is 0.766 bits per heavy atom. The van der Waals surface area contributed by atoms with E-state index in [9.17, 15) is 0 Å². The molecule has 0 atom stereocenters. The molecule has 314 valence electrons. The van der Waals surface area contributed by atoms with Gasteiger partial charge in [-0.3, -0.25) is 0 Å². The summed E-state index contributed by atoms with van der Waals surface area (Å²) in [5, 5.41) is 22.7. The fraction of sp³-hybridized carbons (Fsp3) is 0.138. The average molecular weight is 835 g/mol. The van der Waals surface area contributed by atoms with Crippen molar-refractivity contribution >= 4 is 57.2 Å². The van der Waals surface area contributed by atoms with Gasteiger partial charge in [-0.1, -0.05) is 133 Å². The number of anilines is 2. The molecule has 8 aromatic carbocycles. The van der Waals surface area contributed by atoms with Crippen LogP contribution >= 0.6 is 0 Å². The largest absolute Gasteiger partial charge is 0.491 e. The van der Waals surface area contributed by atoms with E-state index in [4.69, 9.17) is 20.0 Å². The molecule has 0 radical (unpaired) electrons. The fourth-order valence-corrected chi connectivity index (χ4v) is 8.05. The van der Waals surface area contributed by atoms with Crippen molar-refractivity contribution in [2.45, 2.75) is 13.8 Å². The molecule has 8 rings (SSSR count). The van der Waals surface area contributed by atoms with Crippen LogP contribution in [0.2, 0.25) is 0 Å². The third-order valence-corrected chi connectivity index (χ3v) is 11.6. The first-order chi connectivity index (χ1) is 31.5. The molecule has 6 nitrogen and oxygen atoms in total. The van der Waals surface area contributed by atoms with Crippen molar-refractivity contribution in [2.75, 3.05) is 49.2 Å². The standard InChI is InChI=1S/C58H50N4O2/c1-3-61(51-31-25-45(26-32-51)15-13-43-17-21-47(41-59)22-18-43)37-39-63-55-35-29-49-9-5-7-11-53(49)57(55)58-54-12-8-6-10-50(54)30-36-56(58)64-40-38-62(4-2)52-33-27-46(28-34-52)16-14-44-19-23-48(42-60)24-20-44/h5-36H,3-4,37-40H2,1-2H3/b15-13+,16-14+. The van der Waals surface area contributed by atoms with Gasteiger partial charge in [-0.2, -0.15) is 10.5 Å². The lowest BCUT2D eigenvalue weighted by Gasteiger charge is -2.25. The van der Waals surface area contributed by atoms with Crippen molar-refractivity contribution in [3.8, 4) is 34.8 Å². The molecule has 6 heteroatoms. The Labute approximate surface area is 376 Å². The van der Waals surface area contributed by atoms with Gasteiger partial charge in [-0.05, 0) is 118 Å². The number of benzene rings is 8. The topological polar surface area (TPSA) is 72.5 Å². The summed E-state index contributed by atoms with van der Waals surface area (Å²) in [5.41, 5.74) is 9.98. The molecule has 0 aliphatic carbocycles. The number of nitrogens with zero attached hydrogens (tertiary/aromatic N) is 4. The molecule has 0 heterocycles. The molecule has 0 unspecified atom stereocenters. The SMILES string of the molecule is CCN(CCOc1ccc2ccccc2c1-c1c(OCCN(CC)c2ccc(/C=C/c3ccc(C#N)cc3)cc2)ccc2ccccc12)c1ccc(/C=C/c2ccc(C#N)cc2)cc1. The quantitative estimate of drug-likeness (QED) is 0.0851. The van der Waals surface area contributed by atoms with E-state index in [0.29, 0.717) is 37.4 Å². The van der Waals surface area contributed by atoms with Gasteiger partial charge in [0.05, 0.1) is 36.4 Å². The van der Waals surface area contributed by atoms with Crippen molar-refractivity contribution in [3.63, 3.8) is 0 Å². The second-order valence-electron chi connectivity index (χ2n) is 15.5. The van der Waals surface area contributed by atoms with Gasteiger partial charge in [-0.25, -0.2) is 0 Å². The van der Waals surface area contributed by atoms with Gasteiger partial charge in [0.1, 0.15) is 24.7 Å². The van der Waals surface area contributed by atoms with Crippen molar-refractivity contribution in [3.05, 3.63) is 203 Å². The van der Waals surface area contributed by atoms with Crippen molar-refractivity contribution in [1.29, 1.82) is 10.5 Å². The van der Waals surface area contributed by atoms with E-state index in [2.05, 4.69) is 181 Å². The third kappa shape index (κ3) is 10.2. The summed E-state index contributed by atoms with van der Waals surface area (Å²) in [4.78, 5) is 4.67. The number of ether oxygens (including phenoxy) is 2. The predicted octanol–water partition coefficient (Wildman–Crippen LogP) is 13.6. The average Bonchev–Trinajstić information content (AvgIpc) is 3.36. The van der Waals surface area contributed by atoms with Crippen LogP contribution in [0.15, 0.2) is 170 Å². The maximum atomic E-state index is 9.11. The van der Waals surface area contributed by atoms with Crippen LogP contribution in [0.4, 0.5) is 11.4 Å². The summed E-state index contributed by atoms with van der Waals surface area (Å²) in [6.45, 7) is 8.44. The zero-order valence-electron chi connectivity index (χ0n) is 36.3. The van der Waals surface area contributed by atoms with Crippen molar-refractivity contribution in [1.82, 2.24) is 0 Å². The number of hydrogen-bond acceptors (Lipinski definition) is 6. The molecule has 0 aliphatic rings. The number of likely N-dealkylation sites (N-methyl/N-ethyl adjacent to an activating group) is 2. The lowest BCUT2D eigenvalue weighted by molar-refractivity contribution is 0.321. The molecular formula is C58H50N4O2. The Morgan fingerprint density at radius 3 is 1.11 bits per heavy atom. The minimum absolute atomic E-state index is 0.496. The summed E-state index contributed by atoms with van der Waals surface area (Å²) in [6, 6.07) is 62.3. The second kappa shape index (κ2) is 20.7. The Balaban J connectivity index is 0.992. The highest BCUT2D eigenvalue weighted by atomic mass is 16.5. The highest BCUT2D eigenvalue weighted by Crippen LogP contribution is 2.45. The number of hydrogen-bond donors (Lipinski definition) is 0. The van der Waals surface area contributed by atoms with Gasteiger partial charge in [0.15, 0.2) is 0 Å². The minimum atomic E-state index is 0.496. The number of rotatable bonds is 17. The van der Waals surface area contributed by atoms with Crippen molar-refractivity contribution < 1.29 is 9.47 Å². The van der Waals surface area contributed by atoms with E-state index < -0.39 is 0 Å². The van der Waals surface area contributed by atoms with Gasteiger partial charge in [0, 0.05) is 35.6 Å². The molecule has 0 aliphatic heterocycles. The first-order valence-corrected chi connectivity index (χ1v) is 21.9. The normalized spacial score (nSPS) is 11.2. The summed E-state index contributed by atoms with van der Waals surface area (Å²) in [7, 11) is 0. The first-order valence-electron chi connectivity index (χ1n) is 21.9. The van der Waals surface area contributed by atoms with Gasteiger partial charge in [0.2, 0.25) is 0 Å². The first kappa shape index (κ1) is 42.6. The zero-order valence-corrected chi connectivity index (χ0v) is 36.3. The van der Waals surface area contributed by atoms with Gasteiger partial charge < -0.3 is 19.3 Å². The maximum Gasteiger partial charge on any atom is 0.128 e. The van der Waals surface area contributed by atoms with E-state index in [1.165, 1.54) is 0 Å². The smallest absolute Gasteiger partial charge is 0.128 e. The van der Waals surface area contributed by atoms with Crippen LogP contribution in [0.1, 0.15) is 47.2 Å². The highest BCUT2D eigenvalue weighted by Gasteiger charge is 2.20. The molecule has 0 N–H and O–H groups in total. The Kier molecular flexibility index (Phi) is 13.8. The van der Waals surface area contributed by atoms with E-state index in [1.807, 2.05) is 48.5 Å². The van der Waals surface area contributed by atoms with Crippen LogP contribution in [0.3, 0.4) is 0 Å². The van der Waals surface area contributed by atoms with Gasteiger partial charge in [-0.15, -0.1) is 0 Å². The minimum Gasteiger partial charge on any atom is -0.491 e. The molecule has 0 saturated carbocycles. The van der Waals surface area contributed by atoms with Crippen LogP contribution < -0.4 is 19.3 Å². The summed E-state index contributed by atoms with van der Waals surface area (Å²) in [6.07, 6.45) is 8.32. The van der Waals surface area contributed by atoms with Crippen LogP contribution in [-0.4, -0.2) is 39.4 Å². The zero-order chi connectivity index (χ0) is 44.1. The molecule has 0 aromatic heterocycles. The molecule has 8 aromatic rings. The van der Waals surface area contributed by atoms with Gasteiger partial charge >= 0.3 is 0 Å². The summed E-state index contributed by atoms with van der Waals surface area (Å²) < 4.78 is 13.6. The summed E-state index contributed by atoms with van der Waals surface area (Å²) >= 11 is 0. The molecule has 0 bridgehead atoms.